The van der Waals surface area contributed by atoms with Crippen molar-refractivity contribution in [3.05, 3.63) is 51.1 Å². The van der Waals surface area contributed by atoms with Gasteiger partial charge in [-0.2, -0.15) is 0 Å². The highest BCUT2D eigenvalue weighted by Gasteiger charge is 2.25. The molecular formula is C16H16BrNO2S. The van der Waals surface area contributed by atoms with E-state index in [0.717, 1.165) is 40.3 Å². The quantitative estimate of drug-likeness (QED) is 0.815. The Morgan fingerprint density at radius 1 is 1.14 bits per heavy atom. The smallest absolute Gasteiger partial charge is 0.263 e. The first-order valence-corrected chi connectivity index (χ1v) is 8.59. The lowest BCUT2D eigenvalue weighted by molar-refractivity contribution is 0.0600. The Morgan fingerprint density at radius 3 is 2.48 bits per heavy atom. The number of carbonyl (C=O) groups excluding carboxylic acids is 1. The molecule has 1 amide bonds. The van der Waals surface area contributed by atoms with Crippen molar-refractivity contribution in [1.82, 2.24) is 4.90 Å². The maximum Gasteiger partial charge on any atom is 0.263 e. The molecule has 21 heavy (non-hydrogen) atoms. The van der Waals surface area contributed by atoms with Gasteiger partial charge in [0.15, 0.2) is 0 Å². The number of hydrogen-bond acceptors (Lipinski definition) is 3. The van der Waals surface area contributed by atoms with Crippen LogP contribution in [-0.2, 0) is 0 Å². The summed E-state index contributed by atoms with van der Waals surface area (Å²) in [6.07, 6.45) is 1.96. The number of amides is 1. The maximum atomic E-state index is 12.4. The van der Waals surface area contributed by atoms with Gasteiger partial charge < -0.3 is 9.64 Å². The van der Waals surface area contributed by atoms with Gasteiger partial charge in [0.2, 0.25) is 0 Å². The SMILES string of the molecule is O=C(c1ccc(Br)s1)N1CCC(Oc2ccccc2)CC1. The number of piperidine rings is 1. The lowest BCUT2D eigenvalue weighted by Crippen LogP contribution is -2.41. The molecule has 1 fully saturated rings. The Hall–Kier alpha value is -1.33. The molecule has 0 N–H and O–H groups in total. The highest BCUT2D eigenvalue weighted by molar-refractivity contribution is 9.11. The van der Waals surface area contributed by atoms with Gasteiger partial charge in [-0.15, -0.1) is 11.3 Å². The summed E-state index contributed by atoms with van der Waals surface area (Å²) in [5, 5.41) is 0. The Bertz CT molecular complexity index is 606. The van der Waals surface area contributed by atoms with Crippen molar-refractivity contribution in [2.75, 3.05) is 13.1 Å². The first kappa shape index (κ1) is 14.6. The minimum absolute atomic E-state index is 0.129. The van der Waals surface area contributed by atoms with E-state index in [4.69, 9.17) is 4.74 Å². The zero-order valence-corrected chi connectivity index (χ0v) is 13.9. The molecule has 1 aromatic heterocycles. The average molecular weight is 366 g/mol. The summed E-state index contributed by atoms with van der Waals surface area (Å²) < 4.78 is 6.94. The van der Waals surface area contributed by atoms with Crippen LogP contribution in [0.2, 0.25) is 0 Å². The third-order valence-electron chi connectivity index (χ3n) is 3.56. The largest absolute Gasteiger partial charge is 0.490 e. The lowest BCUT2D eigenvalue weighted by Gasteiger charge is -2.32. The summed E-state index contributed by atoms with van der Waals surface area (Å²) in [5.41, 5.74) is 0. The molecule has 0 atom stereocenters. The van der Waals surface area contributed by atoms with Crippen LogP contribution < -0.4 is 4.74 Å². The molecule has 110 valence electrons. The molecular weight excluding hydrogens is 350 g/mol. The zero-order chi connectivity index (χ0) is 14.7. The van der Waals surface area contributed by atoms with Crippen molar-refractivity contribution in [1.29, 1.82) is 0 Å². The van der Waals surface area contributed by atoms with Crippen molar-refractivity contribution >= 4 is 33.2 Å². The van der Waals surface area contributed by atoms with Gasteiger partial charge in [-0.3, -0.25) is 4.79 Å². The summed E-state index contributed by atoms with van der Waals surface area (Å²) >= 11 is 4.89. The van der Waals surface area contributed by atoms with Gasteiger partial charge in [-0.05, 0) is 40.2 Å². The molecule has 0 saturated carbocycles. The Morgan fingerprint density at radius 2 is 1.86 bits per heavy atom. The van der Waals surface area contributed by atoms with Crippen LogP contribution in [0, 0.1) is 0 Å². The normalized spacial score (nSPS) is 16.0. The standard InChI is InChI=1S/C16H16BrNO2S/c17-15-7-6-14(21-15)16(19)18-10-8-13(9-11-18)20-12-4-2-1-3-5-12/h1-7,13H,8-11H2. The molecule has 2 aromatic rings. The van der Waals surface area contributed by atoms with Crippen molar-refractivity contribution in [2.24, 2.45) is 0 Å². The van der Waals surface area contributed by atoms with Crippen molar-refractivity contribution in [3.8, 4) is 5.75 Å². The van der Waals surface area contributed by atoms with Crippen molar-refractivity contribution in [3.63, 3.8) is 0 Å². The fourth-order valence-corrected chi connectivity index (χ4v) is 3.81. The van der Waals surface area contributed by atoms with E-state index in [1.165, 1.54) is 11.3 Å². The molecule has 3 rings (SSSR count). The monoisotopic (exact) mass is 365 g/mol. The Balaban J connectivity index is 1.54. The maximum absolute atomic E-state index is 12.4. The molecule has 0 aliphatic carbocycles. The number of carbonyl (C=O) groups is 1. The zero-order valence-electron chi connectivity index (χ0n) is 11.5. The van der Waals surface area contributed by atoms with E-state index in [1.54, 1.807) is 0 Å². The fraction of sp³-hybridized carbons (Fsp3) is 0.312. The van der Waals surface area contributed by atoms with Crippen LogP contribution in [0.25, 0.3) is 0 Å². The summed E-state index contributed by atoms with van der Waals surface area (Å²) in [6, 6.07) is 13.7. The highest BCUT2D eigenvalue weighted by atomic mass is 79.9. The number of ether oxygens (including phenoxy) is 1. The van der Waals surface area contributed by atoms with E-state index in [1.807, 2.05) is 47.4 Å². The summed E-state index contributed by atoms with van der Waals surface area (Å²) in [5.74, 6) is 1.04. The van der Waals surface area contributed by atoms with Crippen LogP contribution in [0.1, 0.15) is 22.5 Å². The molecule has 0 unspecified atom stereocenters. The third-order valence-corrected chi connectivity index (χ3v) is 5.17. The average Bonchev–Trinajstić information content (AvgIpc) is 2.95. The van der Waals surface area contributed by atoms with E-state index in [2.05, 4.69) is 15.9 Å². The first-order valence-electron chi connectivity index (χ1n) is 6.99. The number of thiophene rings is 1. The van der Waals surface area contributed by atoms with Gasteiger partial charge in [0.05, 0.1) is 8.66 Å². The second-order valence-corrected chi connectivity index (χ2v) is 7.49. The molecule has 1 aliphatic rings. The lowest BCUT2D eigenvalue weighted by atomic mass is 10.1. The number of benzene rings is 1. The first-order chi connectivity index (χ1) is 10.2. The second kappa shape index (κ2) is 6.62. The molecule has 0 bridgehead atoms. The van der Waals surface area contributed by atoms with Crippen LogP contribution in [0.3, 0.4) is 0 Å². The van der Waals surface area contributed by atoms with E-state index in [-0.39, 0.29) is 12.0 Å². The molecule has 2 heterocycles. The number of para-hydroxylation sites is 1. The topological polar surface area (TPSA) is 29.5 Å². The van der Waals surface area contributed by atoms with Gasteiger partial charge >= 0.3 is 0 Å². The van der Waals surface area contributed by atoms with Crippen molar-refractivity contribution < 1.29 is 9.53 Å². The predicted molar refractivity (Wildman–Crippen MR) is 88.0 cm³/mol. The number of hydrogen-bond donors (Lipinski definition) is 0. The predicted octanol–water partition coefficient (Wildman–Crippen LogP) is 4.19. The van der Waals surface area contributed by atoms with E-state index in [0.29, 0.717) is 0 Å². The molecule has 5 heteroatoms. The van der Waals surface area contributed by atoms with E-state index < -0.39 is 0 Å². The van der Waals surface area contributed by atoms with E-state index in [9.17, 15) is 4.79 Å². The number of halogens is 1. The number of nitrogens with zero attached hydrogens (tertiary/aromatic N) is 1. The van der Waals surface area contributed by atoms with Gasteiger partial charge in [0.1, 0.15) is 11.9 Å². The summed E-state index contributed by atoms with van der Waals surface area (Å²) in [7, 11) is 0. The molecule has 1 aromatic carbocycles. The molecule has 3 nitrogen and oxygen atoms in total. The summed E-state index contributed by atoms with van der Waals surface area (Å²) in [6.45, 7) is 1.51. The Kier molecular flexibility index (Phi) is 4.60. The number of likely N-dealkylation sites (tertiary alicyclic amines) is 1. The molecule has 1 aliphatic heterocycles. The molecule has 1 saturated heterocycles. The minimum atomic E-state index is 0.129. The van der Waals surface area contributed by atoms with Crippen molar-refractivity contribution in [2.45, 2.75) is 18.9 Å². The highest BCUT2D eigenvalue weighted by Crippen LogP contribution is 2.25. The van der Waals surface area contributed by atoms with Crippen LogP contribution >= 0.6 is 27.3 Å². The minimum Gasteiger partial charge on any atom is -0.490 e. The second-order valence-electron chi connectivity index (χ2n) is 5.03. The molecule has 0 spiro atoms. The van der Waals surface area contributed by atoms with Gasteiger partial charge in [0.25, 0.3) is 5.91 Å². The van der Waals surface area contributed by atoms with Gasteiger partial charge in [-0.1, -0.05) is 18.2 Å². The summed E-state index contributed by atoms with van der Waals surface area (Å²) in [4.78, 5) is 15.1. The fourth-order valence-electron chi connectivity index (χ4n) is 2.45. The number of rotatable bonds is 3. The van der Waals surface area contributed by atoms with Crippen LogP contribution in [0.15, 0.2) is 46.3 Å². The molecule has 0 radical (unpaired) electrons. The van der Waals surface area contributed by atoms with Crippen LogP contribution in [-0.4, -0.2) is 30.0 Å². The van der Waals surface area contributed by atoms with E-state index >= 15 is 0 Å². The van der Waals surface area contributed by atoms with Gasteiger partial charge in [0, 0.05) is 25.9 Å². The van der Waals surface area contributed by atoms with Gasteiger partial charge in [-0.25, -0.2) is 0 Å². The Labute approximate surface area is 136 Å². The van der Waals surface area contributed by atoms with Crippen LogP contribution in [0.5, 0.6) is 5.75 Å². The van der Waals surface area contributed by atoms with Crippen LogP contribution in [0.4, 0.5) is 0 Å². The third kappa shape index (κ3) is 3.66.